The number of hydrogen-bond acceptors (Lipinski definition) is 3. The van der Waals surface area contributed by atoms with Crippen molar-refractivity contribution in [3.05, 3.63) is 29.3 Å². The van der Waals surface area contributed by atoms with Crippen molar-refractivity contribution in [2.24, 2.45) is 0 Å². The van der Waals surface area contributed by atoms with Crippen LogP contribution in [0.2, 0.25) is 0 Å². The molecule has 6 heteroatoms. The molecule has 0 atom stereocenters. The molecule has 2 rings (SSSR count). The minimum Gasteiger partial charge on any atom is -0.349 e. The zero-order valence-electron chi connectivity index (χ0n) is 10.4. The number of anilines is 1. The maximum atomic E-state index is 11.9. The van der Waals surface area contributed by atoms with Gasteiger partial charge in [-0.3, -0.25) is 9.52 Å². The molecule has 1 amide bonds. The Bertz CT molecular complexity index is 577. The van der Waals surface area contributed by atoms with Gasteiger partial charge in [0.25, 0.3) is 5.91 Å². The molecule has 1 saturated carbocycles. The van der Waals surface area contributed by atoms with Crippen LogP contribution in [-0.4, -0.2) is 26.6 Å². The van der Waals surface area contributed by atoms with Crippen molar-refractivity contribution in [1.29, 1.82) is 0 Å². The second-order valence-corrected chi connectivity index (χ2v) is 6.35. The number of hydrogen-bond donors (Lipinski definition) is 2. The minimum atomic E-state index is -3.33. The van der Waals surface area contributed by atoms with Crippen LogP contribution in [0.15, 0.2) is 18.2 Å². The zero-order valence-corrected chi connectivity index (χ0v) is 11.2. The Morgan fingerprint density at radius 2 is 2.00 bits per heavy atom. The highest BCUT2D eigenvalue weighted by Crippen LogP contribution is 2.23. The van der Waals surface area contributed by atoms with Gasteiger partial charge in [0.15, 0.2) is 0 Å². The third kappa shape index (κ3) is 3.22. The van der Waals surface area contributed by atoms with Gasteiger partial charge < -0.3 is 5.32 Å². The van der Waals surface area contributed by atoms with Crippen LogP contribution in [0, 0.1) is 6.92 Å². The third-order valence-corrected chi connectivity index (χ3v) is 3.38. The first-order chi connectivity index (χ1) is 8.37. The second-order valence-electron chi connectivity index (χ2n) is 4.60. The molecular formula is C12H16N2O3S. The maximum absolute atomic E-state index is 11.9. The van der Waals surface area contributed by atoms with E-state index in [2.05, 4.69) is 10.0 Å². The lowest BCUT2D eigenvalue weighted by atomic mass is 10.1. The van der Waals surface area contributed by atoms with Crippen molar-refractivity contribution in [3.8, 4) is 0 Å². The summed E-state index contributed by atoms with van der Waals surface area (Å²) in [4.78, 5) is 11.9. The molecule has 1 aromatic carbocycles. The molecule has 0 aromatic heterocycles. The summed E-state index contributed by atoms with van der Waals surface area (Å²) in [6.07, 6.45) is 3.13. The first-order valence-corrected chi connectivity index (χ1v) is 7.64. The molecule has 18 heavy (non-hydrogen) atoms. The molecule has 0 bridgehead atoms. The molecule has 0 aliphatic heterocycles. The Balaban J connectivity index is 2.25. The van der Waals surface area contributed by atoms with E-state index in [1.54, 1.807) is 25.1 Å². The quantitative estimate of drug-likeness (QED) is 0.863. The fraction of sp³-hybridized carbons (Fsp3) is 0.417. The van der Waals surface area contributed by atoms with Crippen LogP contribution in [0.25, 0.3) is 0 Å². The van der Waals surface area contributed by atoms with Crippen LogP contribution in [0.4, 0.5) is 5.69 Å². The van der Waals surface area contributed by atoms with Gasteiger partial charge in [0, 0.05) is 11.6 Å². The summed E-state index contributed by atoms with van der Waals surface area (Å²) in [7, 11) is -3.33. The van der Waals surface area contributed by atoms with E-state index < -0.39 is 10.0 Å². The van der Waals surface area contributed by atoms with Gasteiger partial charge in [0.05, 0.1) is 11.9 Å². The van der Waals surface area contributed by atoms with Crippen LogP contribution in [0.3, 0.4) is 0 Å². The summed E-state index contributed by atoms with van der Waals surface area (Å²) in [5.74, 6) is -0.146. The number of amides is 1. The molecule has 1 aliphatic rings. The molecule has 1 aromatic rings. The standard InChI is InChI=1S/C12H16N2O3S/c1-8-10(12(15)13-9-6-7-9)4-3-5-11(8)14-18(2,16)17/h3-5,9,14H,6-7H2,1-2H3,(H,13,15). The lowest BCUT2D eigenvalue weighted by Gasteiger charge is -2.12. The predicted octanol–water partition coefficient (Wildman–Crippen LogP) is 1.26. The van der Waals surface area contributed by atoms with Gasteiger partial charge in [0.1, 0.15) is 0 Å². The van der Waals surface area contributed by atoms with Crippen LogP contribution in [0.5, 0.6) is 0 Å². The Labute approximate surface area is 107 Å². The van der Waals surface area contributed by atoms with Gasteiger partial charge in [-0.15, -0.1) is 0 Å². The van der Waals surface area contributed by atoms with Gasteiger partial charge in [-0.25, -0.2) is 8.42 Å². The van der Waals surface area contributed by atoms with Gasteiger partial charge >= 0.3 is 0 Å². The van der Waals surface area contributed by atoms with Crippen molar-refractivity contribution in [2.45, 2.75) is 25.8 Å². The van der Waals surface area contributed by atoms with Gasteiger partial charge in [-0.05, 0) is 37.5 Å². The smallest absolute Gasteiger partial charge is 0.251 e. The summed E-state index contributed by atoms with van der Waals surface area (Å²) >= 11 is 0. The fourth-order valence-electron chi connectivity index (χ4n) is 1.68. The monoisotopic (exact) mass is 268 g/mol. The summed E-state index contributed by atoms with van der Waals surface area (Å²) < 4.78 is 24.8. The topological polar surface area (TPSA) is 75.3 Å². The Kier molecular flexibility index (Phi) is 3.30. The maximum Gasteiger partial charge on any atom is 0.251 e. The number of benzene rings is 1. The van der Waals surface area contributed by atoms with E-state index in [9.17, 15) is 13.2 Å². The molecule has 0 radical (unpaired) electrons. The van der Waals surface area contributed by atoms with Crippen LogP contribution < -0.4 is 10.0 Å². The zero-order chi connectivity index (χ0) is 13.3. The van der Waals surface area contributed by atoms with E-state index in [4.69, 9.17) is 0 Å². The minimum absolute atomic E-state index is 0.146. The average molecular weight is 268 g/mol. The first-order valence-electron chi connectivity index (χ1n) is 5.75. The van der Waals surface area contributed by atoms with Gasteiger partial charge in [0.2, 0.25) is 10.0 Å². The summed E-state index contributed by atoms with van der Waals surface area (Å²) in [5, 5.41) is 2.88. The highest BCUT2D eigenvalue weighted by molar-refractivity contribution is 7.92. The van der Waals surface area contributed by atoms with E-state index in [0.29, 0.717) is 16.8 Å². The van der Waals surface area contributed by atoms with E-state index >= 15 is 0 Å². The van der Waals surface area contributed by atoms with Crippen molar-refractivity contribution in [2.75, 3.05) is 11.0 Å². The molecule has 1 fully saturated rings. The first kappa shape index (κ1) is 12.9. The van der Waals surface area contributed by atoms with Crippen molar-refractivity contribution in [1.82, 2.24) is 5.32 Å². The molecule has 0 unspecified atom stereocenters. The number of carbonyl (C=O) groups excluding carboxylic acids is 1. The van der Waals surface area contributed by atoms with E-state index in [1.807, 2.05) is 0 Å². The van der Waals surface area contributed by atoms with Gasteiger partial charge in [-0.1, -0.05) is 6.07 Å². The highest BCUT2D eigenvalue weighted by Gasteiger charge is 2.24. The Morgan fingerprint density at radius 3 is 2.56 bits per heavy atom. The molecule has 0 saturated heterocycles. The summed E-state index contributed by atoms with van der Waals surface area (Å²) in [6.45, 7) is 1.73. The molecule has 0 heterocycles. The summed E-state index contributed by atoms with van der Waals surface area (Å²) in [5.41, 5.74) is 1.59. The molecular weight excluding hydrogens is 252 g/mol. The highest BCUT2D eigenvalue weighted by atomic mass is 32.2. The number of nitrogens with one attached hydrogen (secondary N) is 2. The molecule has 98 valence electrons. The van der Waals surface area contributed by atoms with Crippen LogP contribution in [-0.2, 0) is 10.0 Å². The van der Waals surface area contributed by atoms with E-state index in [1.165, 1.54) is 0 Å². The van der Waals surface area contributed by atoms with Crippen LogP contribution in [0.1, 0.15) is 28.8 Å². The van der Waals surface area contributed by atoms with Crippen LogP contribution >= 0.6 is 0 Å². The normalized spacial score (nSPS) is 15.2. The van der Waals surface area contributed by atoms with E-state index in [-0.39, 0.29) is 11.9 Å². The Morgan fingerprint density at radius 1 is 1.33 bits per heavy atom. The molecule has 1 aliphatic carbocycles. The van der Waals surface area contributed by atoms with E-state index in [0.717, 1.165) is 19.1 Å². The fourth-order valence-corrected chi connectivity index (χ4v) is 2.30. The SMILES string of the molecule is Cc1c(NS(C)(=O)=O)cccc1C(=O)NC1CC1. The third-order valence-electron chi connectivity index (χ3n) is 2.79. The molecule has 2 N–H and O–H groups in total. The number of carbonyl (C=O) groups is 1. The predicted molar refractivity (Wildman–Crippen MR) is 70.1 cm³/mol. The molecule has 5 nitrogen and oxygen atoms in total. The van der Waals surface area contributed by atoms with Gasteiger partial charge in [-0.2, -0.15) is 0 Å². The summed E-state index contributed by atoms with van der Waals surface area (Å²) in [6, 6.07) is 5.29. The number of rotatable bonds is 4. The van der Waals surface area contributed by atoms with Crippen molar-refractivity contribution in [3.63, 3.8) is 0 Å². The van der Waals surface area contributed by atoms with Crippen molar-refractivity contribution >= 4 is 21.6 Å². The largest absolute Gasteiger partial charge is 0.349 e. The van der Waals surface area contributed by atoms with Crippen molar-refractivity contribution < 1.29 is 13.2 Å². The lowest BCUT2D eigenvalue weighted by molar-refractivity contribution is 0.0950. The second kappa shape index (κ2) is 4.61. The average Bonchev–Trinajstić information content (AvgIpc) is 3.03. The Hall–Kier alpha value is -1.56. The molecule has 0 spiro atoms. The lowest BCUT2D eigenvalue weighted by Crippen LogP contribution is -2.26. The number of sulfonamides is 1.